The molecule has 0 spiro atoms. The summed E-state index contributed by atoms with van der Waals surface area (Å²) in [6.45, 7) is 3.97. The number of methoxy groups -OCH3 is 1. The third kappa shape index (κ3) is 3.96. The Bertz CT molecular complexity index is 1510. The highest BCUT2D eigenvalue weighted by molar-refractivity contribution is 7.22. The van der Waals surface area contributed by atoms with Gasteiger partial charge >= 0.3 is 5.91 Å². The first kappa shape index (κ1) is 23.1. The van der Waals surface area contributed by atoms with Gasteiger partial charge in [0, 0.05) is 10.6 Å². The molecule has 2 heterocycles. The van der Waals surface area contributed by atoms with Crippen LogP contribution in [0.3, 0.4) is 0 Å². The van der Waals surface area contributed by atoms with E-state index in [1.165, 1.54) is 16.2 Å². The van der Waals surface area contributed by atoms with E-state index in [9.17, 15) is 14.7 Å². The number of ketones is 1. The van der Waals surface area contributed by atoms with Crippen molar-refractivity contribution < 1.29 is 19.4 Å². The van der Waals surface area contributed by atoms with Crippen LogP contribution in [-0.4, -0.2) is 28.9 Å². The molecular formula is C27H21ClN2O4S. The number of halogens is 1. The minimum Gasteiger partial charge on any atom is -0.507 e. The molecule has 0 saturated carbocycles. The molecule has 0 unspecified atom stereocenters. The van der Waals surface area contributed by atoms with Crippen LogP contribution in [0.2, 0.25) is 5.02 Å². The van der Waals surface area contributed by atoms with Crippen LogP contribution < -0.4 is 9.64 Å². The van der Waals surface area contributed by atoms with Crippen LogP contribution in [0.1, 0.15) is 28.3 Å². The predicted octanol–water partition coefficient (Wildman–Crippen LogP) is 6.20. The Kier molecular flexibility index (Phi) is 5.83. The second-order valence-corrected chi connectivity index (χ2v) is 9.82. The molecule has 176 valence electrons. The second kappa shape index (κ2) is 8.83. The van der Waals surface area contributed by atoms with E-state index >= 15 is 0 Å². The monoisotopic (exact) mass is 504 g/mol. The van der Waals surface area contributed by atoms with Gasteiger partial charge in [-0.2, -0.15) is 0 Å². The smallest absolute Gasteiger partial charge is 0.301 e. The molecule has 5 rings (SSSR count). The van der Waals surface area contributed by atoms with Crippen LogP contribution >= 0.6 is 22.9 Å². The highest BCUT2D eigenvalue weighted by Gasteiger charge is 2.48. The minimum atomic E-state index is -0.865. The summed E-state index contributed by atoms with van der Waals surface area (Å²) in [6.07, 6.45) is 0. The van der Waals surface area contributed by atoms with Gasteiger partial charge in [0.1, 0.15) is 11.5 Å². The van der Waals surface area contributed by atoms with Crippen molar-refractivity contribution in [1.29, 1.82) is 0 Å². The fraction of sp³-hybridized carbons (Fsp3) is 0.148. The number of carbonyl (C=O) groups is 2. The molecule has 3 aromatic carbocycles. The van der Waals surface area contributed by atoms with Gasteiger partial charge in [0.05, 0.1) is 28.9 Å². The van der Waals surface area contributed by atoms with Gasteiger partial charge in [0.15, 0.2) is 5.13 Å². The van der Waals surface area contributed by atoms with Crippen LogP contribution in [0.15, 0.2) is 66.2 Å². The number of hydrogen-bond donors (Lipinski definition) is 1. The first-order valence-electron chi connectivity index (χ1n) is 10.9. The summed E-state index contributed by atoms with van der Waals surface area (Å²) < 4.78 is 6.11. The van der Waals surface area contributed by atoms with Gasteiger partial charge < -0.3 is 9.84 Å². The number of benzene rings is 3. The third-order valence-corrected chi connectivity index (χ3v) is 7.27. The quantitative estimate of drug-likeness (QED) is 0.203. The van der Waals surface area contributed by atoms with Crippen molar-refractivity contribution in [3.05, 3.63) is 93.5 Å². The Balaban J connectivity index is 1.72. The maximum absolute atomic E-state index is 13.4. The number of aliphatic hydroxyl groups excluding tert-OH is 1. The Morgan fingerprint density at radius 3 is 2.40 bits per heavy atom. The SMILES string of the molecule is COc1ccc(/C(O)=C2\C(=O)C(=O)N(c3nc4c(C)cc(C)cc4s3)[C@H]2c2ccc(Cl)cc2)cc1. The molecule has 35 heavy (non-hydrogen) atoms. The first-order valence-corrected chi connectivity index (χ1v) is 12.1. The summed E-state index contributed by atoms with van der Waals surface area (Å²) in [4.78, 5) is 32.8. The molecule has 1 saturated heterocycles. The van der Waals surface area contributed by atoms with E-state index in [0.717, 1.165) is 21.3 Å². The summed E-state index contributed by atoms with van der Waals surface area (Å²) in [7, 11) is 1.54. The van der Waals surface area contributed by atoms with E-state index in [0.29, 0.717) is 27.0 Å². The minimum absolute atomic E-state index is 0.00496. The molecule has 1 atom stereocenters. The molecule has 1 fully saturated rings. The summed E-state index contributed by atoms with van der Waals surface area (Å²) in [5.41, 5.74) is 3.88. The molecule has 1 amide bonds. The van der Waals surface area contributed by atoms with Crippen LogP contribution in [0, 0.1) is 13.8 Å². The first-order chi connectivity index (χ1) is 16.8. The molecule has 6 nitrogen and oxygen atoms in total. The number of ether oxygens (including phenoxy) is 1. The number of rotatable bonds is 4. The number of carbonyl (C=O) groups excluding carboxylic acids is 2. The fourth-order valence-electron chi connectivity index (χ4n) is 4.36. The van der Waals surface area contributed by atoms with Gasteiger partial charge in [-0.1, -0.05) is 41.1 Å². The highest BCUT2D eigenvalue weighted by Crippen LogP contribution is 2.45. The van der Waals surface area contributed by atoms with E-state index < -0.39 is 17.7 Å². The van der Waals surface area contributed by atoms with Crippen LogP contribution in [-0.2, 0) is 9.59 Å². The van der Waals surface area contributed by atoms with Crippen molar-refractivity contribution in [3.63, 3.8) is 0 Å². The van der Waals surface area contributed by atoms with Crippen LogP contribution in [0.4, 0.5) is 5.13 Å². The summed E-state index contributed by atoms with van der Waals surface area (Å²) in [5, 5.41) is 12.2. The number of fused-ring (bicyclic) bond motifs is 1. The Hall–Kier alpha value is -3.68. The van der Waals surface area contributed by atoms with E-state index in [-0.39, 0.29) is 11.3 Å². The van der Waals surface area contributed by atoms with Crippen molar-refractivity contribution >= 4 is 55.7 Å². The average Bonchev–Trinajstić information content (AvgIpc) is 3.38. The molecule has 0 bridgehead atoms. The van der Waals surface area contributed by atoms with Crippen molar-refractivity contribution in [1.82, 2.24) is 4.98 Å². The van der Waals surface area contributed by atoms with Crippen molar-refractivity contribution in [2.75, 3.05) is 12.0 Å². The van der Waals surface area contributed by atoms with Gasteiger partial charge in [-0.05, 0) is 73.0 Å². The van der Waals surface area contributed by atoms with E-state index in [1.54, 1.807) is 55.6 Å². The maximum atomic E-state index is 13.4. The van der Waals surface area contributed by atoms with Crippen LogP contribution in [0.5, 0.6) is 5.75 Å². The molecule has 8 heteroatoms. The van der Waals surface area contributed by atoms with Crippen molar-refractivity contribution in [2.45, 2.75) is 19.9 Å². The molecule has 1 N–H and O–H groups in total. The number of nitrogens with zero attached hydrogens (tertiary/aromatic N) is 2. The van der Waals surface area contributed by atoms with Gasteiger partial charge in [0.2, 0.25) is 0 Å². The Labute approximate surface area is 211 Å². The lowest BCUT2D eigenvalue weighted by Crippen LogP contribution is -2.29. The maximum Gasteiger partial charge on any atom is 0.301 e. The lowest BCUT2D eigenvalue weighted by Gasteiger charge is -2.23. The lowest BCUT2D eigenvalue weighted by molar-refractivity contribution is -0.132. The number of aryl methyl sites for hydroxylation is 2. The van der Waals surface area contributed by atoms with Gasteiger partial charge in [0.25, 0.3) is 5.78 Å². The highest BCUT2D eigenvalue weighted by atomic mass is 35.5. The molecule has 4 aromatic rings. The standard InChI is InChI=1S/C27H21ClN2O4S/c1-14-12-15(2)22-20(13-14)35-27(29-22)30-23(16-4-8-18(28)9-5-16)21(25(32)26(30)33)24(31)17-6-10-19(34-3)11-7-17/h4-13,23,31H,1-3H3/b24-21+/t23-/m0/s1. The van der Waals surface area contributed by atoms with E-state index in [4.69, 9.17) is 21.3 Å². The van der Waals surface area contributed by atoms with Crippen molar-refractivity contribution in [2.24, 2.45) is 0 Å². The molecule has 1 aliphatic heterocycles. The van der Waals surface area contributed by atoms with Crippen molar-refractivity contribution in [3.8, 4) is 5.75 Å². The second-order valence-electron chi connectivity index (χ2n) is 8.37. The van der Waals surface area contributed by atoms with Gasteiger partial charge in [-0.3, -0.25) is 14.5 Å². The normalized spacial score (nSPS) is 17.4. The lowest BCUT2D eigenvalue weighted by atomic mass is 9.95. The molecular weight excluding hydrogens is 484 g/mol. The Morgan fingerprint density at radius 2 is 1.74 bits per heavy atom. The van der Waals surface area contributed by atoms with Gasteiger partial charge in [-0.25, -0.2) is 4.98 Å². The summed E-state index contributed by atoms with van der Waals surface area (Å²) >= 11 is 7.45. The number of anilines is 1. The van der Waals surface area contributed by atoms with Crippen LogP contribution in [0.25, 0.3) is 16.0 Å². The zero-order valence-electron chi connectivity index (χ0n) is 19.2. The van der Waals surface area contributed by atoms with E-state index in [1.807, 2.05) is 26.0 Å². The number of hydrogen-bond acceptors (Lipinski definition) is 6. The number of Topliss-reactive ketones (excluding diaryl/α,β-unsaturated/α-hetero) is 1. The molecule has 1 aromatic heterocycles. The molecule has 1 aliphatic rings. The predicted molar refractivity (Wildman–Crippen MR) is 138 cm³/mol. The zero-order valence-corrected chi connectivity index (χ0v) is 20.8. The topological polar surface area (TPSA) is 79.7 Å². The molecule has 0 aliphatic carbocycles. The average molecular weight is 505 g/mol. The number of amides is 1. The molecule has 0 radical (unpaired) electrons. The zero-order chi connectivity index (χ0) is 24.9. The number of aromatic nitrogens is 1. The summed E-state index contributed by atoms with van der Waals surface area (Å²) in [5.74, 6) is -1.17. The number of thiazole rings is 1. The van der Waals surface area contributed by atoms with E-state index in [2.05, 4.69) is 0 Å². The number of aliphatic hydroxyl groups is 1. The fourth-order valence-corrected chi connectivity index (χ4v) is 5.65. The largest absolute Gasteiger partial charge is 0.507 e. The third-order valence-electron chi connectivity index (χ3n) is 6.02. The summed E-state index contributed by atoms with van der Waals surface area (Å²) in [6, 6.07) is 16.7. The Morgan fingerprint density at radius 1 is 1.06 bits per heavy atom. The van der Waals surface area contributed by atoms with Gasteiger partial charge in [-0.15, -0.1) is 0 Å².